The second-order valence-corrected chi connectivity index (χ2v) is 11.7. The molecule has 1 saturated carbocycles. The second kappa shape index (κ2) is 8.38. The van der Waals surface area contributed by atoms with Crippen LogP contribution in [0.3, 0.4) is 0 Å². The Hall–Kier alpha value is -3.25. The van der Waals surface area contributed by atoms with E-state index < -0.39 is 0 Å². The van der Waals surface area contributed by atoms with Crippen LogP contribution in [0.15, 0.2) is 42.5 Å². The van der Waals surface area contributed by atoms with Crippen LogP contribution in [0.4, 0.5) is 0 Å². The molecule has 0 bridgehead atoms. The lowest BCUT2D eigenvalue weighted by Crippen LogP contribution is -2.46. The third kappa shape index (κ3) is 3.60. The van der Waals surface area contributed by atoms with Crippen molar-refractivity contribution in [3.63, 3.8) is 0 Å². The molecular weight excluding hydrogens is 462 g/mol. The van der Waals surface area contributed by atoms with Crippen LogP contribution in [0.5, 0.6) is 5.75 Å². The lowest BCUT2D eigenvalue weighted by atomic mass is 9.64. The van der Waals surface area contributed by atoms with Gasteiger partial charge in [-0.2, -0.15) is 0 Å². The molecule has 6 heteroatoms. The summed E-state index contributed by atoms with van der Waals surface area (Å²) in [5.74, 6) is 2.47. The number of benzene rings is 3. The van der Waals surface area contributed by atoms with E-state index in [1.54, 1.807) is 0 Å². The zero-order chi connectivity index (χ0) is 25.3. The van der Waals surface area contributed by atoms with Crippen molar-refractivity contribution in [1.29, 1.82) is 0 Å². The van der Waals surface area contributed by atoms with Gasteiger partial charge in [-0.15, -0.1) is 0 Å². The number of rotatable bonds is 1. The van der Waals surface area contributed by atoms with Crippen molar-refractivity contribution in [3.05, 3.63) is 53.6 Å². The summed E-state index contributed by atoms with van der Waals surface area (Å²) in [5, 5.41) is 2.18. The van der Waals surface area contributed by atoms with Gasteiger partial charge in [-0.1, -0.05) is 37.6 Å². The molecule has 2 fully saturated rings. The van der Waals surface area contributed by atoms with Crippen LogP contribution in [0, 0.1) is 11.8 Å². The Bertz CT molecular complexity index is 1560. The van der Waals surface area contributed by atoms with Crippen molar-refractivity contribution < 1.29 is 14.3 Å². The molecule has 1 aromatic heterocycles. The second-order valence-electron chi connectivity index (χ2n) is 11.7. The molecule has 4 aromatic rings. The fourth-order valence-corrected chi connectivity index (χ4v) is 6.98. The average Bonchev–Trinajstić information content (AvgIpc) is 2.91. The first-order valence-electron chi connectivity index (χ1n) is 13.6. The summed E-state index contributed by atoms with van der Waals surface area (Å²) >= 11 is 0. The minimum atomic E-state index is -0.240. The van der Waals surface area contributed by atoms with Crippen LogP contribution in [0.25, 0.3) is 32.8 Å². The quantitative estimate of drug-likeness (QED) is 0.236. The third-order valence-electron chi connectivity index (χ3n) is 8.88. The molecule has 3 aliphatic rings. The van der Waals surface area contributed by atoms with Gasteiger partial charge in [0.05, 0.1) is 35.3 Å². The van der Waals surface area contributed by atoms with Crippen molar-refractivity contribution in [2.75, 3.05) is 26.3 Å². The molecule has 3 atom stereocenters. The Kier molecular flexibility index (Phi) is 5.19. The average molecular weight is 496 g/mol. The summed E-state index contributed by atoms with van der Waals surface area (Å²) in [6.07, 6.45) is 3.52. The van der Waals surface area contributed by atoms with Crippen LogP contribution in [0.1, 0.15) is 61.9 Å². The maximum Gasteiger partial charge on any atom is 0.254 e. The summed E-state index contributed by atoms with van der Waals surface area (Å²) < 4.78 is 12.3. The molecule has 0 N–H and O–H groups in total. The van der Waals surface area contributed by atoms with Crippen LogP contribution in [-0.2, 0) is 4.74 Å². The van der Waals surface area contributed by atoms with Gasteiger partial charge >= 0.3 is 0 Å². The largest absolute Gasteiger partial charge is 0.487 e. The fraction of sp³-hybridized carbons (Fsp3) is 0.452. The van der Waals surface area contributed by atoms with E-state index in [1.807, 2.05) is 23.1 Å². The van der Waals surface area contributed by atoms with E-state index in [2.05, 4.69) is 45.0 Å². The molecule has 1 amide bonds. The number of nitrogens with zero attached hydrogens (tertiary/aromatic N) is 3. The van der Waals surface area contributed by atoms with E-state index in [1.165, 1.54) is 12.0 Å². The number of morpholine rings is 1. The maximum absolute atomic E-state index is 13.2. The standard InChI is InChI=1S/C31H33N3O3/c1-18-8-10-23-22(16-18)26-28-27(20-6-4-5-7-21(20)29(26)37-31(23,2)3)32-24-11-9-19(17-25(24)33-28)30(35)34-12-14-36-15-13-34/h4-7,9,11,17-18,22-23H,8,10,12-16H2,1-3H3/t18-,22-,23-/m0/s1. The molecule has 2 aliphatic heterocycles. The van der Waals surface area contributed by atoms with E-state index in [9.17, 15) is 4.79 Å². The molecule has 3 heterocycles. The first-order valence-corrected chi connectivity index (χ1v) is 13.6. The number of fused-ring (bicyclic) bond motifs is 9. The summed E-state index contributed by atoms with van der Waals surface area (Å²) in [7, 11) is 0. The molecule has 0 spiro atoms. The summed E-state index contributed by atoms with van der Waals surface area (Å²) in [6.45, 7) is 9.27. The highest BCUT2D eigenvalue weighted by Gasteiger charge is 2.47. The number of amides is 1. The lowest BCUT2D eigenvalue weighted by molar-refractivity contribution is -0.0115. The van der Waals surface area contributed by atoms with E-state index in [0.717, 1.165) is 51.4 Å². The summed E-state index contributed by atoms with van der Waals surface area (Å²) in [4.78, 5) is 25.5. The van der Waals surface area contributed by atoms with Crippen LogP contribution in [-0.4, -0.2) is 52.7 Å². The molecule has 3 aromatic carbocycles. The monoisotopic (exact) mass is 495 g/mol. The minimum absolute atomic E-state index is 0.0267. The van der Waals surface area contributed by atoms with Gasteiger partial charge in [0.15, 0.2) is 0 Å². The molecule has 190 valence electrons. The highest BCUT2D eigenvalue weighted by atomic mass is 16.5. The molecule has 6 nitrogen and oxygen atoms in total. The molecule has 1 aliphatic carbocycles. The number of hydrogen-bond donors (Lipinski definition) is 0. The van der Waals surface area contributed by atoms with E-state index in [0.29, 0.717) is 49.6 Å². The SMILES string of the molecule is C[C@H]1CC[C@H]2[C@H](C1)c1c(c3ccccc3c3nc4ccc(C(=O)N5CCOCC5)cc4nc13)OC2(C)C. The van der Waals surface area contributed by atoms with Crippen molar-refractivity contribution in [2.45, 2.75) is 51.6 Å². The van der Waals surface area contributed by atoms with Crippen LogP contribution < -0.4 is 4.74 Å². The van der Waals surface area contributed by atoms with Gasteiger partial charge in [0.25, 0.3) is 5.91 Å². The lowest BCUT2D eigenvalue weighted by Gasteiger charge is -2.49. The number of hydrogen-bond acceptors (Lipinski definition) is 5. The smallest absolute Gasteiger partial charge is 0.254 e. The van der Waals surface area contributed by atoms with E-state index in [4.69, 9.17) is 19.4 Å². The molecule has 0 radical (unpaired) electrons. The number of carbonyl (C=O) groups excluding carboxylic acids is 1. The zero-order valence-electron chi connectivity index (χ0n) is 21.8. The third-order valence-corrected chi connectivity index (χ3v) is 8.88. The van der Waals surface area contributed by atoms with Gasteiger partial charge in [-0.05, 0) is 56.7 Å². The molecule has 7 rings (SSSR count). The molecule has 0 unspecified atom stereocenters. The van der Waals surface area contributed by atoms with Gasteiger partial charge in [-0.3, -0.25) is 4.79 Å². The predicted octanol–water partition coefficient (Wildman–Crippen LogP) is 6.10. The summed E-state index contributed by atoms with van der Waals surface area (Å²) in [5.41, 5.74) is 5.04. The first kappa shape index (κ1) is 22.9. The Labute approximate surface area is 217 Å². The molecule has 37 heavy (non-hydrogen) atoms. The van der Waals surface area contributed by atoms with Gasteiger partial charge in [0, 0.05) is 40.9 Å². The number of aromatic nitrogens is 2. The van der Waals surface area contributed by atoms with Crippen LogP contribution >= 0.6 is 0 Å². The van der Waals surface area contributed by atoms with Gasteiger partial charge in [-0.25, -0.2) is 9.97 Å². The molecular formula is C31H33N3O3. The number of carbonyl (C=O) groups is 1. The fourth-order valence-electron chi connectivity index (χ4n) is 6.98. The van der Waals surface area contributed by atoms with Crippen molar-refractivity contribution in [3.8, 4) is 5.75 Å². The Morgan fingerprint density at radius 1 is 0.973 bits per heavy atom. The van der Waals surface area contributed by atoms with Crippen molar-refractivity contribution >= 4 is 38.7 Å². The maximum atomic E-state index is 13.2. The minimum Gasteiger partial charge on any atom is -0.487 e. The van der Waals surface area contributed by atoms with Gasteiger partial charge < -0.3 is 14.4 Å². The number of ether oxygens (including phenoxy) is 2. The van der Waals surface area contributed by atoms with E-state index >= 15 is 0 Å². The normalized spacial score (nSPS) is 25.1. The first-order chi connectivity index (χ1) is 17.9. The highest BCUT2D eigenvalue weighted by molar-refractivity contribution is 6.11. The topological polar surface area (TPSA) is 64.6 Å². The van der Waals surface area contributed by atoms with Gasteiger partial charge in [0.1, 0.15) is 11.4 Å². The summed E-state index contributed by atoms with van der Waals surface area (Å²) in [6, 6.07) is 14.2. The van der Waals surface area contributed by atoms with Gasteiger partial charge in [0.2, 0.25) is 0 Å². The van der Waals surface area contributed by atoms with Crippen molar-refractivity contribution in [1.82, 2.24) is 14.9 Å². The Balaban J connectivity index is 1.47. The highest BCUT2D eigenvalue weighted by Crippen LogP contribution is 2.56. The van der Waals surface area contributed by atoms with Crippen LogP contribution in [0.2, 0.25) is 0 Å². The Morgan fingerprint density at radius 3 is 2.54 bits per heavy atom. The predicted molar refractivity (Wildman–Crippen MR) is 145 cm³/mol. The van der Waals surface area contributed by atoms with E-state index in [-0.39, 0.29) is 11.5 Å². The Morgan fingerprint density at radius 2 is 1.73 bits per heavy atom. The zero-order valence-corrected chi connectivity index (χ0v) is 21.8. The molecule has 1 saturated heterocycles. The van der Waals surface area contributed by atoms with Crippen molar-refractivity contribution in [2.24, 2.45) is 11.8 Å².